The minimum absolute atomic E-state index is 0.0706. The lowest BCUT2D eigenvalue weighted by atomic mass is 10.1. The molecule has 6 nitrogen and oxygen atoms in total. The lowest BCUT2D eigenvalue weighted by Gasteiger charge is -2.34. The van der Waals surface area contributed by atoms with Crippen molar-refractivity contribution in [2.45, 2.75) is 38.6 Å². The van der Waals surface area contributed by atoms with Crippen LogP contribution in [-0.2, 0) is 11.0 Å². The van der Waals surface area contributed by atoms with E-state index in [1.807, 2.05) is 0 Å². The predicted octanol–water partition coefficient (Wildman–Crippen LogP) is 4.62. The van der Waals surface area contributed by atoms with Gasteiger partial charge in [-0.2, -0.15) is 18.4 Å². The summed E-state index contributed by atoms with van der Waals surface area (Å²) in [7, 11) is 0. The van der Waals surface area contributed by atoms with Crippen LogP contribution in [0.15, 0.2) is 36.4 Å². The first-order valence-electron chi connectivity index (χ1n) is 10.4. The van der Waals surface area contributed by atoms with Gasteiger partial charge in [0.15, 0.2) is 16.7 Å². The fraction of sp³-hybridized carbons (Fsp3) is 0.348. The molecule has 2 aromatic rings. The molecule has 0 saturated carbocycles. The zero-order valence-electron chi connectivity index (χ0n) is 18.4. The minimum atomic E-state index is -4.80. The van der Waals surface area contributed by atoms with E-state index in [0.717, 1.165) is 23.9 Å². The third-order valence-corrected chi connectivity index (χ3v) is 5.64. The summed E-state index contributed by atoms with van der Waals surface area (Å²) in [6.07, 6.45) is -3.92. The molecule has 180 valence electrons. The Morgan fingerprint density at radius 3 is 2.50 bits per heavy atom. The quantitative estimate of drug-likeness (QED) is 0.359. The normalized spacial score (nSPS) is 15.6. The second-order valence-electron chi connectivity index (χ2n) is 7.91. The molecule has 1 aliphatic heterocycles. The monoisotopic (exact) mass is 494 g/mol. The Morgan fingerprint density at radius 2 is 1.97 bits per heavy atom. The number of thiocarbonyl (C=S) groups is 1. The maximum Gasteiger partial charge on any atom is 0.417 e. The average molecular weight is 495 g/mol. The van der Waals surface area contributed by atoms with E-state index in [4.69, 9.17) is 22.2 Å². The Kier molecular flexibility index (Phi) is 7.74. The van der Waals surface area contributed by atoms with E-state index in [1.165, 1.54) is 29.2 Å². The third-order valence-electron chi connectivity index (χ3n) is 5.24. The molecule has 1 atom stereocenters. The number of hydrogen-bond acceptors (Lipinski definition) is 5. The number of nitrogens with one attached hydrogen (secondary N) is 1. The van der Waals surface area contributed by atoms with Crippen molar-refractivity contribution in [1.29, 1.82) is 5.26 Å². The molecule has 34 heavy (non-hydrogen) atoms. The Hall–Kier alpha value is -3.23. The van der Waals surface area contributed by atoms with Gasteiger partial charge in [-0.05, 0) is 69.4 Å². The molecule has 1 fully saturated rings. The van der Waals surface area contributed by atoms with Crippen LogP contribution in [0.5, 0.6) is 5.75 Å². The lowest BCUT2D eigenvalue weighted by Crippen LogP contribution is -2.46. The molecule has 11 heteroatoms. The molecule has 0 radical (unpaired) electrons. The van der Waals surface area contributed by atoms with Gasteiger partial charge in [0, 0.05) is 24.3 Å². The largest absolute Gasteiger partial charge is 0.486 e. The Labute approximate surface area is 199 Å². The van der Waals surface area contributed by atoms with Crippen molar-refractivity contribution < 1.29 is 27.1 Å². The highest BCUT2D eigenvalue weighted by molar-refractivity contribution is 7.80. The van der Waals surface area contributed by atoms with Crippen molar-refractivity contribution in [2.24, 2.45) is 0 Å². The molecule has 3 rings (SSSR count). The van der Waals surface area contributed by atoms with Crippen molar-refractivity contribution in [3.05, 3.63) is 53.3 Å². The van der Waals surface area contributed by atoms with Crippen LogP contribution >= 0.6 is 12.2 Å². The smallest absolute Gasteiger partial charge is 0.417 e. The molecule has 0 aromatic heterocycles. The Bertz CT molecular complexity index is 1110. The second kappa shape index (κ2) is 10.4. The van der Waals surface area contributed by atoms with E-state index in [2.05, 4.69) is 5.32 Å². The van der Waals surface area contributed by atoms with Gasteiger partial charge in [0.25, 0.3) is 0 Å². The van der Waals surface area contributed by atoms with Gasteiger partial charge in [0.1, 0.15) is 6.10 Å². The van der Waals surface area contributed by atoms with Gasteiger partial charge in [0.05, 0.1) is 22.9 Å². The highest BCUT2D eigenvalue weighted by atomic mass is 32.1. The van der Waals surface area contributed by atoms with E-state index in [-0.39, 0.29) is 35.1 Å². The standard InChI is InChI=1S/C23H22F4N4O2S/c1-14(2)31(17-5-6-21(20(24)10-17)33-18-7-8-29-12-18)22(34)30(13-32)16-4-3-15(11-28)19(9-16)23(25,26)27/h3-6,9-10,13-14,18,29H,7-8,12H2,1-2H3. The predicted molar refractivity (Wildman–Crippen MR) is 123 cm³/mol. The van der Waals surface area contributed by atoms with Crippen molar-refractivity contribution in [1.82, 2.24) is 5.32 Å². The number of carbonyl (C=O) groups is 1. The molecule has 1 N–H and O–H groups in total. The first-order valence-corrected chi connectivity index (χ1v) is 10.8. The summed E-state index contributed by atoms with van der Waals surface area (Å²) in [6.45, 7) is 4.87. The number of carbonyl (C=O) groups excluding carboxylic acids is 1. The number of anilines is 2. The number of alkyl halides is 3. The fourth-order valence-electron chi connectivity index (χ4n) is 3.62. The number of rotatable bonds is 6. The molecular weight excluding hydrogens is 472 g/mol. The zero-order valence-corrected chi connectivity index (χ0v) is 19.2. The van der Waals surface area contributed by atoms with Crippen molar-refractivity contribution in [2.75, 3.05) is 22.9 Å². The van der Waals surface area contributed by atoms with Gasteiger partial charge in [-0.15, -0.1) is 0 Å². The summed E-state index contributed by atoms with van der Waals surface area (Å²) in [4.78, 5) is 14.2. The topological polar surface area (TPSA) is 68.6 Å². The summed E-state index contributed by atoms with van der Waals surface area (Å²) in [5.41, 5.74) is -1.65. The van der Waals surface area contributed by atoms with Crippen molar-refractivity contribution >= 4 is 35.1 Å². The molecule has 1 saturated heterocycles. The van der Waals surface area contributed by atoms with Crippen LogP contribution in [0.25, 0.3) is 0 Å². The molecule has 0 bridgehead atoms. The van der Waals surface area contributed by atoms with Crippen LogP contribution in [0.4, 0.5) is 28.9 Å². The Morgan fingerprint density at radius 1 is 1.26 bits per heavy atom. The molecule has 1 heterocycles. The van der Waals surface area contributed by atoms with Gasteiger partial charge in [-0.1, -0.05) is 0 Å². The highest BCUT2D eigenvalue weighted by Crippen LogP contribution is 2.35. The maximum atomic E-state index is 14.8. The lowest BCUT2D eigenvalue weighted by molar-refractivity contribution is -0.137. The summed E-state index contributed by atoms with van der Waals surface area (Å²) in [6, 6.07) is 8.19. The van der Waals surface area contributed by atoms with Gasteiger partial charge in [0.2, 0.25) is 6.41 Å². The van der Waals surface area contributed by atoms with Gasteiger partial charge in [-0.3, -0.25) is 9.69 Å². The summed E-state index contributed by atoms with van der Waals surface area (Å²) in [5, 5.41) is 12.0. The number of hydrogen-bond donors (Lipinski definition) is 1. The number of ether oxygens (including phenoxy) is 1. The fourth-order valence-corrected chi connectivity index (χ4v) is 4.08. The first kappa shape index (κ1) is 25.4. The first-order chi connectivity index (χ1) is 16.1. The Balaban J connectivity index is 1.94. The van der Waals surface area contributed by atoms with Crippen molar-refractivity contribution in [3.8, 4) is 11.8 Å². The molecule has 1 aliphatic rings. The van der Waals surface area contributed by atoms with E-state index >= 15 is 0 Å². The number of halogens is 4. The van der Waals surface area contributed by atoms with Crippen LogP contribution in [-0.4, -0.2) is 36.8 Å². The maximum absolute atomic E-state index is 14.8. The number of nitrogens with zero attached hydrogens (tertiary/aromatic N) is 3. The van der Waals surface area contributed by atoms with E-state index in [1.54, 1.807) is 19.9 Å². The number of nitriles is 1. The summed E-state index contributed by atoms with van der Waals surface area (Å²) < 4.78 is 60.7. The minimum Gasteiger partial charge on any atom is -0.486 e. The number of amides is 1. The number of benzene rings is 2. The highest BCUT2D eigenvalue weighted by Gasteiger charge is 2.35. The van der Waals surface area contributed by atoms with Crippen LogP contribution in [0.1, 0.15) is 31.4 Å². The molecular formula is C23H22F4N4O2S. The van der Waals surface area contributed by atoms with Crippen LogP contribution in [0.3, 0.4) is 0 Å². The van der Waals surface area contributed by atoms with Crippen LogP contribution < -0.4 is 19.9 Å². The van der Waals surface area contributed by atoms with E-state index in [9.17, 15) is 22.4 Å². The SMILES string of the molecule is CC(C)N(C(=S)N(C=O)c1ccc(C#N)c(C(F)(F)F)c1)c1ccc(OC2CCNC2)c(F)c1. The molecule has 1 unspecified atom stereocenters. The zero-order chi connectivity index (χ0) is 25.0. The van der Waals surface area contributed by atoms with E-state index in [0.29, 0.717) is 18.3 Å². The second-order valence-corrected chi connectivity index (χ2v) is 8.27. The molecule has 0 spiro atoms. The summed E-state index contributed by atoms with van der Waals surface area (Å²) >= 11 is 5.44. The third kappa shape index (κ3) is 5.46. The molecule has 0 aliphatic carbocycles. The van der Waals surface area contributed by atoms with Gasteiger partial charge in [-0.25, -0.2) is 4.39 Å². The molecule has 1 amide bonds. The van der Waals surface area contributed by atoms with Crippen LogP contribution in [0, 0.1) is 17.1 Å². The molecule has 2 aromatic carbocycles. The van der Waals surface area contributed by atoms with E-state index < -0.39 is 23.1 Å². The average Bonchev–Trinajstić information content (AvgIpc) is 3.28. The van der Waals surface area contributed by atoms with Gasteiger partial charge >= 0.3 is 6.18 Å². The summed E-state index contributed by atoms with van der Waals surface area (Å²) in [5.74, 6) is -0.561. The van der Waals surface area contributed by atoms with Crippen LogP contribution in [0.2, 0.25) is 0 Å². The van der Waals surface area contributed by atoms with Crippen molar-refractivity contribution in [3.63, 3.8) is 0 Å². The van der Waals surface area contributed by atoms with Gasteiger partial charge < -0.3 is 15.0 Å².